The summed E-state index contributed by atoms with van der Waals surface area (Å²) in [7, 11) is 3.57. The van der Waals surface area contributed by atoms with Crippen molar-refractivity contribution in [2.75, 3.05) is 27.3 Å². The van der Waals surface area contributed by atoms with E-state index < -0.39 is 6.10 Å². The van der Waals surface area contributed by atoms with Gasteiger partial charge in [-0.2, -0.15) is 5.10 Å². The van der Waals surface area contributed by atoms with Crippen molar-refractivity contribution in [3.05, 3.63) is 64.1 Å². The summed E-state index contributed by atoms with van der Waals surface area (Å²) in [5, 5.41) is 21.8. The summed E-state index contributed by atoms with van der Waals surface area (Å²) in [5.41, 5.74) is 1.61. The third-order valence-corrected chi connectivity index (χ3v) is 5.44. The number of ether oxygens (including phenoxy) is 2. The molecule has 0 unspecified atom stereocenters. The second-order valence-electron chi connectivity index (χ2n) is 8.13. The maximum absolute atomic E-state index is 11.9. The molecule has 3 aromatic rings. The molecule has 0 saturated carbocycles. The molecule has 3 rings (SSSR count). The minimum Gasteiger partial charge on any atom is -0.493 e. The summed E-state index contributed by atoms with van der Waals surface area (Å²) < 4.78 is 11.3. The molecule has 0 aliphatic heterocycles. The monoisotopic (exact) mass is 440 g/mol. The van der Waals surface area contributed by atoms with Crippen molar-refractivity contribution in [1.29, 1.82) is 0 Å². The minimum absolute atomic E-state index is 0.189. The molecular formula is C24H32N4O4. The third-order valence-electron chi connectivity index (χ3n) is 5.44. The summed E-state index contributed by atoms with van der Waals surface area (Å²) in [6, 6.07) is 13.5. The number of methoxy groups -OCH3 is 1. The Bertz CT molecular complexity index is 1080. The molecule has 0 bridgehead atoms. The fraction of sp³-hybridized carbons (Fsp3) is 0.417. The van der Waals surface area contributed by atoms with Gasteiger partial charge in [-0.25, -0.2) is 5.10 Å². The lowest BCUT2D eigenvalue weighted by Crippen LogP contribution is -2.36. The number of benzene rings is 2. The first-order chi connectivity index (χ1) is 15.4. The summed E-state index contributed by atoms with van der Waals surface area (Å²) in [6.07, 6.45) is -0.590. The molecular weight excluding hydrogens is 408 g/mol. The number of nitrogens with one attached hydrogen (secondary N) is 2. The SMILES string of the molecule is COc1cc(CNCc2n[nH]c(=O)c3ccccc23)ccc1OC[C@H](O)CN(C)C(C)C. The number of hydrogen-bond acceptors (Lipinski definition) is 7. The number of aromatic amines is 1. The van der Waals surface area contributed by atoms with Gasteiger partial charge >= 0.3 is 0 Å². The highest BCUT2D eigenvalue weighted by Gasteiger charge is 2.13. The fourth-order valence-electron chi connectivity index (χ4n) is 3.35. The molecule has 0 amide bonds. The van der Waals surface area contributed by atoms with Gasteiger partial charge in [0.1, 0.15) is 12.7 Å². The van der Waals surface area contributed by atoms with Crippen LogP contribution in [0.1, 0.15) is 25.1 Å². The Morgan fingerprint density at radius 2 is 1.88 bits per heavy atom. The number of rotatable bonds is 11. The van der Waals surface area contributed by atoms with E-state index in [0.29, 0.717) is 42.6 Å². The highest BCUT2D eigenvalue weighted by molar-refractivity contribution is 5.83. The van der Waals surface area contributed by atoms with Gasteiger partial charge in [-0.15, -0.1) is 0 Å². The quantitative estimate of drug-likeness (QED) is 0.421. The first-order valence-corrected chi connectivity index (χ1v) is 10.7. The number of H-pyrrole nitrogens is 1. The van der Waals surface area contributed by atoms with E-state index in [2.05, 4.69) is 34.3 Å². The molecule has 1 heterocycles. The van der Waals surface area contributed by atoms with E-state index in [4.69, 9.17) is 9.47 Å². The zero-order valence-electron chi connectivity index (χ0n) is 19.1. The molecule has 1 aromatic heterocycles. The van der Waals surface area contributed by atoms with E-state index in [9.17, 15) is 9.90 Å². The van der Waals surface area contributed by atoms with Crippen LogP contribution in [0.25, 0.3) is 10.8 Å². The van der Waals surface area contributed by atoms with Crippen molar-refractivity contribution in [2.24, 2.45) is 0 Å². The van der Waals surface area contributed by atoms with Crippen LogP contribution in [-0.4, -0.2) is 59.7 Å². The van der Waals surface area contributed by atoms with E-state index in [1.807, 2.05) is 43.4 Å². The smallest absolute Gasteiger partial charge is 0.272 e. The van der Waals surface area contributed by atoms with Gasteiger partial charge in [0.05, 0.1) is 18.2 Å². The molecule has 8 heteroatoms. The van der Waals surface area contributed by atoms with Gasteiger partial charge < -0.3 is 24.8 Å². The predicted octanol–water partition coefficient (Wildman–Crippen LogP) is 2.30. The van der Waals surface area contributed by atoms with Gasteiger partial charge in [0, 0.05) is 31.1 Å². The average Bonchev–Trinajstić information content (AvgIpc) is 2.79. The number of nitrogens with zero attached hydrogens (tertiary/aromatic N) is 2. The Morgan fingerprint density at radius 1 is 1.12 bits per heavy atom. The van der Waals surface area contributed by atoms with E-state index in [-0.39, 0.29) is 12.2 Å². The Balaban J connectivity index is 1.58. The zero-order chi connectivity index (χ0) is 23.1. The Morgan fingerprint density at radius 3 is 2.59 bits per heavy atom. The Labute approximate surface area is 188 Å². The van der Waals surface area contributed by atoms with Crippen molar-refractivity contribution in [3.63, 3.8) is 0 Å². The molecule has 1 atom stereocenters. The second-order valence-corrected chi connectivity index (χ2v) is 8.13. The van der Waals surface area contributed by atoms with Crippen LogP contribution in [0.5, 0.6) is 11.5 Å². The van der Waals surface area contributed by atoms with Crippen LogP contribution in [0.2, 0.25) is 0 Å². The molecule has 2 aromatic carbocycles. The van der Waals surface area contributed by atoms with Crippen molar-refractivity contribution in [3.8, 4) is 11.5 Å². The lowest BCUT2D eigenvalue weighted by Gasteiger charge is -2.24. The van der Waals surface area contributed by atoms with Crippen molar-refractivity contribution in [2.45, 2.75) is 39.1 Å². The first-order valence-electron chi connectivity index (χ1n) is 10.7. The number of likely N-dealkylation sites (N-methyl/N-ethyl adjacent to an activating group) is 1. The van der Waals surface area contributed by atoms with Crippen LogP contribution in [0.3, 0.4) is 0 Å². The minimum atomic E-state index is -0.590. The zero-order valence-corrected chi connectivity index (χ0v) is 19.1. The molecule has 8 nitrogen and oxygen atoms in total. The molecule has 3 N–H and O–H groups in total. The largest absolute Gasteiger partial charge is 0.493 e. The van der Waals surface area contributed by atoms with Gasteiger partial charge in [-0.05, 0) is 44.7 Å². The highest BCUT2D eigenvalue weighted by Crippen LogP contribution is 2.28. The van der Waals surface area contributed by atoms with E-state index in [1.54, 1.807) is 13.2 Å². The lowest BCUT2D eigenvalue weighted by molar-refractivity contribution is 0.0668. The first kappa shape index (κ1) is 23.7. The van der Waals surface area contributed by atoms with Gasteiger partial charge in [0.2, 0.25) is 0 Å². The summed E-state index contributed by atoms with van der Waals surface area (Å²) in [5.74, 6) is 1.21. The summed E-state index contributed by atoms with van der Waals surface area (Å²) in [4.78, 5) is 14.0. The topological polar surface area (TPSA) is 99.7 Å². The maximum atomic E-state index is 11.9. The number of aliphatic hydroxyl groups is 1. The van der Waals surface area contributed by atoms with Gasteiger partial charge in [0.15, 0.2) is 11.5 Å². The third kappa shape index (κ3) is 6.06. The van der Waals surface area contributed by atoms with Gasteiger partial charge in [-0.1, -0.05) is 24.3 Å². The molecule has 172 valence electrons. The highest BCUT2D eigenvalue weighted by atomic mass is 16.5. The average molecular weight is 441 g/mol. The van der Waals surface area contributed by atoms with Crippen LogP contribution in [0.15, 0.2) is 47.3 Å². The van der Waals surface area contributed by atoms with Crippen LogP contribution in [0.4, 0.5) is 0 Å². The Hall–Kier alpha value is -2.94. The second kappa shape index (κ2) is 11.1. The normalized spacial score (nSPS) is 12.5. The molecule has 0 aliphatic rings. The molecule has 0 aliphatic carbocycles. The van der Waals surface area contributed by atoms with Crippen molar-refractivity contribution in [1.82, 2.24) is 20.4 Å². The van der Waals surface area contributed by atoms with Crippen LogP contribution in [-0.2, 0) is 13.1 Å². The standard InChI is InChI=1S/C24H32N4O4/c1-16(2)28(3)14-18(29)15-32-22-10-9-17(11-23(22)31-4)12-25-13-21-19-7-5-6-8-20(19)24(30)27-26-21/h5-11,16,18,25,29H,12-15H2,1-4H3,(H,27,30)/t18-/m1/s1. The van der Waals surface area contributed by atoms with E-state index in [1.165, 1.54) is 0 Å². The molecule has 0 radical (unpaired) electrons. The number of aliphatic hydroxyl groups excluding tert-OH is 1. The van der Waals surface area contributed by atoms with E-state index >= 15 is 0 Å². The summed E-state index contributed by atoms with van der Waals surface area (Å²) >= 11 is 0. The van der Waals surface area contributed by atoms with Crippen LogP contribution in [0, 0.1) is 0 Å². The Kier molecular flexibility index (Phi) is 8.21. The van der Waals surface area contributed by atoms with Crippen molar-refractivity contribution < 1.29 is 14.6 Å². The molecule has 0 fully saturated rings. The fourth-order valence-corrected chi connectivity index (χ4v) is 3.35. The summed E-state index contributed by atoms with van der Waals surface area (Å²) in [6.45, 7) is 5.99. The molecule has 0 saturated heterocycles. The van der Waals surface area contributed by atoms with E-state index in [0.717, 1.165) is 16.6 Å². The predicted molar refractivity (Wildman–Crippen MR) is 125 cm³/mol. The number of fused-ring (bicyclic) bond motifs is 1. The number of aromatic nitrogens is 2. The lowest BCUT2D eigenvalue weighted by atomic mass is 10.1. The van der Waals surface area contributed by atoms with Gasteiger partial charge in [-0.3, -0.25) is 4.79 Å². The maximum Gasteiger partial charge on any atom is 0.272 e. The molecule has 0 spiro atoms. The van der Waals surface area contributed by atoms with Crippen LogP contribution < -0.4 is 20.3 Å². The van der Waals surface area contributed by atoms with Gasteiger partial charge in [0.25, 0.3) is 5.56 Å². The van der Waals surface area contributed by atoms with Crippen molar-refractivity contribution >= 4 is 10.8 Å². The molecule has 32 heavy (non-hydrogen) atoms. The van der Waals surface area contributed by atoms with Crippen LogP contribution >= 0.6 is 0 Å². The number of hydrogen-bond donors (Lipinski definition) is 3.